The number of nitrogens with two attached hydrogens (primary N) is 1. The zero-order chi connectivity index (χ0) is 13.1. The molecule has 0 fully saturated rings. The van der Waals surface area contributed by atoms with Gasteiger partial charge in [0.2, 0.25) is 0 Å². The van der Waals surface area contributed by atoms with E-state index >= 15 is 0 Å². The summed E-state index contributed by atoms with van der Waals surface area (Å²) in [7, 11) is 1.36. The van der Waals surface area contributed by atoms with E-state index < -0.39 is 0 Å². The maximum absolute atomic E-state index is 11.3. The van der Waals surface area contributed by atoms with Crippen molar-refractivity contribution in [2.75, 3.05) is 12.8 Å². The number of carbonyl (C=O) groups is 1. The van der Waals surface area contributed by atoms with E-state index in [4.69, 9.17) is 17.3 Å². The second kappa shape index (κ2) is 5.10. The lowest BCUT2D eigenvalue weighted by Gasteiger charge is -2.05. The monoisotopic (exact) mass is 261 g/mol. The van der Waals surface area contributed by atoms with Gasteiger partial charge in [0.25, 0.3) is 0 Å². The first-order valence-electron chi connectivity index (χ1n) is 5.35. The second-order valence-electron chi connectivity index (χ2n) is 3.84. The smallest absolute Gasteiger partial charge is 0.337 e. The van der Waals surface area contributed by atoms with Crippen LogP contribution in [0.15, 0.2) is 42.5 Å². The van der Waals surface area contributed by atoms with Crippen molar-refractivity contribution in [3.8, 4) is 11.1 Å². The first kappa shape index (κ1) is 12.5. The molecule has 0 atom stereocenters. The van der Waals surface area contributed by atoms with Gasteiger partial charge in [0.1, 0.15) is 0 Å². The molecule has 18 heavy (non-hydrogen) atoms. The van der Waals surface area contributed by atoms with Gasteiger partial charge in [-0.3, -0.25) is 0 Å². The van der Waals surface area contributed by atoms with Gasteiger partial charge < -0.3 is 10.5 Å². The van der Waals surface area contributed by atoms with Gasteiger partial charge >= 0.3 is 5.97 Å². The fraction of sp³-hybridized carbons (Fsp3) is 0.0714. The van der Waals surface area contributed by atoms with Crippen molar-refractivity contribution in [3.63, 3.8) is 0 Å². The zero-order valence-corrected chi connectivity index (χ0v) is 10.6. The molecule has 4 heteroatoms. The molecule has 2 rings (SSSR count). The van der Waals surface area contributed by atoms with Crippen LogP contribution in [0.3, 0.4) is 0 Å². The van der Waals surface area contributed by atoms with Gasteiger partial charge in [-0.25, -0.2) is 4.79 Å². The van der Waals surface area contributed by atoms with Crippen molar-refractivity contribution in [1.82, 2.24) is 0 Å². The maximum atomic E-state index is 11.3. The van der Waals surface area contributed by atoms with Crippen LogP contribution in [0.1, 0.15) is 10.4 Å². The predicted octanol–water partition coefficient (Wildman–Crippen LogP) is 3.38. The van der Waals surface area contributed by atoms with Gasteiger partial charge in [-0.1, -0.05) is 23.7 Å². The molecule has 0 aliphatic heterocycles. The molecule has 0 aliphatic carbocycles. The third kappa shape index (κ3) is 2.63. The maximum Gasteiger partial charge on any atom is 0.337 e. The molecule has 0 saturated carbocycles. The van der Waals surface area contributed by atoms with E-state index in [1.807, 2.05) is 24.3 Å². The van der Waals surface area contributed by atoms with Crippen molar-refractivity contribution in [2.24, 2.45) is 0 Å². The highest BCUT2D eigenvalue weighted by atomic mass is 35.5. The Kier molecular flexibility index (Phi) is 3.53. The fourth-order valence-electron chi connectivity index (χ4n) is 1.70. The molecule has 0 aromatic heterocycles. The number of hydrogen-bond acceptors (Lipinski definition) is 3. The fourth-order valence-corrected chi connectivity index (χ4v) is 1.94. The highest BCUT2D eigenvalue weighted by Crippen LogP contribution is 2.26. The molecule has 0 aliphatic rings. The normalized spacial score (nSPS) is 10.1. The largest absolute Gasteiger partial charge is 0.465 e. The topological polar surface area (TPSA) is 52.3 Å². The minimum absolute atomic E-state index is 0.354. The minimum Gasteiger partial charge on any atom is -0.465 e. The summed E-state index contributed by atoms with van der Waals surface area (Å²) in [5.74, 6) is -0.354. The van der Waals surface area contributed by atoms with Crippen LogP contribution in [0, 0.1) is 0 Å². The SMILES string of the molecule is COC(=O)c1ccc(-c2cc(N)cc(Cl)c2)cc1. The Balaban J connectivity index is 2.37. The van der Waals surface area contributed by atoms with E-state index in [2.05, 4.69) is 4.74 Å². The molecule has 0 saturated heterocycles. The van der Waals surface area contributed by atoms with Crippen molar-refractivity contribution >= 4 is 23.3 Å². The van der Waals surface area contributed by atoms with Crippen LogP contribution in [-0.4, -0.2) is 13.1 Å². The molecule has 2 N–H and O–H groups in total. The van der Waals surface area contributed by atoms with Gasteiger partial charge in [0.05, 0.1) is 12.7 Å². The number of methoxy groups -OCH3 is 1. The average molecular weight is 262 g/mol. The molecule has 0 amide bonds. The molecule has 0 unspecified atom stereocenters. The number of nitrogen functional groups attached to an aromatic ring is 1. The molecule has 0 spiro atoms. The molecule has 92 valence electrons. The number of anilines is 1. The second-order valence-corrected chi connectivity index (χ2v) is 4.28. The summed E-state index contributed by atoms with van der Waals surface area (Å²) in [6.07, 6.45) is 0. The summed E-state index contributed by atoms with van der Waals surface area (Å²) in [6.45, 7) is 0. The Morgan fingerprint density at radius 1 is 1.11 bits per heavy atom. The number of hydrogen-bond donors (Lipinski definition) is 1. The first-order chi connectivity index (χ1) is 8.60. The van der Waals surface area contributed by atoms with Gasteiger partial charge in [-0.2, -0.15) is 0 Å². The highest BCUT2D eigenvalue weighted by Gasteiger charge is 2.06. The minimum atomic E-state index is -0.354. The van der Waals surface area contributed by atoms with Crippen molar-refractivity contribution in [2.45, 2.75) is 0 Å². The lowest BCUT2D eigenvalue weighted by atomic mass is 10.0. The van der Waals surface area contributed by atoms with Crippen molar-refractivity contribution in [1.29, 1.82) is 0 Å². The molecular weight excluding hydrogens is 250 g/mol. The zero-order valence-electron chi connectivity index (χ0n) is 9.81. The lowest BCUT2D eigenvalue weighted by molar-refractivity contribution is 0.0601. The number of carbonyl (C=O) groups excluding carboxylic acids is 1. The van der Waals surface area contributed by atoms with Crippen LogP contribution in [0.5, 0.6) is 0 Å². The summed E-state index contributed by atoms with van der Waals surface area (Å²) in [5, 5.41) is 0.585. The Labute approximate surface area is 110 Å². The van der Waals surface area contributed by atoms with Crippen molar-refractivity contribution in [3.05, 3.63) is 53.1 Å². The molecule has 2 aromatic rings. The molecule has 0 bridgehead atoms. The molecule has 0 radical (unpaired) electrons. The third-order valence-corrected chi connectivity index (χ3v) is 2.78. The van der Waals surface area contributed by atoms with Gasteiger partial charge in [-0.15, -0.1) is 0 Å². The summed E-state index contributed by atoms with van der Waals surface area (Å²) in [6, 6.07) is 12.4. The van der Waals surface area contributed by atoms with E-state index in [1.165, 1.54) is 7.11 Å². The standard InChI is InChI=1S/C14H12ClNO2/c1-18-14(17)10-4-2-9(3-5-10)11-6-12(15)8-13(16)7-11/h2-8H,16H2,1H3. The number of rotatable bonds is 2. The Morgan fingerprint density at radius 2 is 1.78 bits per heavy atom. The van der Waals surface area contributed by atoms with E-state index in [0.29, 0.717) is 16.3 Å². The summed E-state index contributed by atoms with van der Waals surface area (Å²) >= 11 is 5.95. The number of benzene rings is 2. The molecule has 2 aromatic carbocycles. The van der Waals surface area contributed by atoms with Crippen LogP contribution >= 0.6 is 11.6 Å². The number of ether oxygens (including phenoxy) is 1. The van der Waals surface area contributed by atoms with E-state index in [0.717, 1.165) is 11.1 Å². The van der Waals surface area contributed by atoms with Crippen LogP contribution in [-0.2, 0) is 4.74 Å². The predicted molar refractivity (Wildman–Crippen MR) is 72.6 cm³/mol. The van der Waals surface area contributed by atoms with Gasteiger partial charge in [0, 0.05) is 10.7 Å². The van der Waals surface area contributed by atoms with Crippen molar-refractivity contribution < 1.29 is 9.53 Å². The van der Waals surface area contributed by atoms with Crippen LogP contribution in [0.4, 0.5) is 5.69 Å². The Morgan fingerprint density at radius 3 is 2.33 bits per heavy atom. The lowest BCUT2D eigenvalue weighted by Crippen LogP contribution is -2.00. The summed E-state index contributed by atoms with van der Waals surface area (Å²) < 4.78 is 4.64. The van der Waals surface area contributed by atoms with E-state index in [-0.39, 0.29) is 5.97 Å². The van der Waals surface area contributed by atoms with Gasteiger partial charge in [0.15, 0.2) is 0 Å². The van der Waals surface area contributed by atoms with Gasteiger partial charge in [-0.05, 0) is 41.5 Å². The number of esters is 1. The third-order valence-electron chi connectivity index (χ3n) is 2.56. The molecule has 0 heterocycles. The Bertz CT molecular complexity index is 559. The molecule has 3 nitrogen and oxygen atoms in total. The van der Waals surface area contributed by atoms with E-state index in [1.54, 1.807) is 18.2 Å². The average Bonchev–Trinajstić information content (AvgIpc) is 2.37. The van der Waals surface area contributed by atoms with Crippen LogP contribution < -0.4 is 5.73 Å². The summed E-state index contributed by atoms with van der Waals surface area (Å²) in [5.41, 5.74) is 8.71. The van der Waals surface area contributed by atoms with Crippen LogP contribution in [0.25, 0.3) is 11.1 Å². The quantitative estimate of drug-likeness (QED) is 0.666. The van der Waals surface area contributed by atoms with E-state index in [9.17, 15) is 4.79 Å². The highest BCUT2D eigenvalue weighted by molar-refractivity contribution is 6.31. The first-order valence-corrected chi connectivity index (χ1v) is 5.73. The Hall–Kier alpha value is -2.00. The van der Waals surface area contributed by atoms with Crippen LogP contribution in [0.2, 0.25) is 5.02 Å². The molecular formula is C14H12ClNO2. The number of halogens is 1. The summed E-state index contributed by atoms with van der Waals surface area (Å²) in [4.78, 5) is 11.3.